The van der Waals surface area contributed by atoms with Gasteiger partial charge in [-0.2, -0.15) is 0 Å². The van der Waals surface area contributed by atoms with Gasteiger partial charge in [-0.25, -0.2) is 4.79 Å². The smallest absolute Gasteiger partial charge is 0.328 e. The summed E-state index contributed by atoms with van der Waals surface area (Å²) in [5.41, 5.74) is 4.58. The number of rotatable bonds is 8. The average molecular weight is 217 g/mol. The van der Waals surface area contributed by atoms with E-state index in [4.69, 9.17) is 15.6 Å². The minimum Gasteiger partial charge on any atom is -0.465 e. The van der Waals surface area contributed by atoms with Gasteiger partial charge < -0.3 is 15.6 Å². The van der Waals surface area contributed by atoms with Crippen LogP contribution in [0.3, 0.4) is 0 Å². The van der Waals surface area contributed by atoms with Crippen LogP contribution in [-0.4, -0.2) is 29.8 Å². The van der Waals surface area contributed by atoms with Crippen molar-refractivity contribution in [2.24, 2.45) is 5.73 Å². The van der Waals surface area contributed by atoms with Crippen molar-refractivity contribution in [1.29, 1.82) is 0 Å². The molecule has 15 heavy (non-hydrogen) atoms. The van der Waals surface area contributed by atoms with Gasteiger partial charge in [0.2, 0.25) is 0 Å². The number of carbonyl (C=O) groups is 1. The van der Waals surface area contributed by atoms with E-state index in [2.05, 4.69) is 6.92 Å². The van der Waals surface area contributed by atoms with Crippen molar-refractivity contribution in [1.82, 2.24) is 0 Å². The van der Waals surface area contributed by atoms with E-state index in [1.165, 1.54) is 0 Å². The van der Waals surface area contributed by atoms with Crippen molar-refractivity contribution >= 4 is 5.97 Å². The number of aliphatic hydroxyl groups excluding tert-OH is 1. The van der Waals surface area contributed by atoms with Gasteiger partial charge in [0, 0.05) is 0 Å². The third kappa shape index (κ3) is 5.14. The van der Waals surface area contributed by atoms with Gasteiger partial charge in [0.15, 0.2) is 0 Å². The van der Waals surface area contributed by atoms with Crippen molar-refractivity contribution in [3.8, 4) is 0 Å². The van der Waals surface area contributed by atoms with Crippen LogP contribution in [-0.2, 0) is 9.53 Å². The van der Waals surface area contributed by atoms with E-state index in [1.54, 1.807) is 6.92 Å². The Morgan fingerprint density at radius 2 is 2.00 bits per heavy atom. The zero-order chi connectivity index (χ0) is 11.7. The monoisotopic (exact) mass is 217 g/mol. The number of unbranched alkanes of at least 4 members (excludes halogenated alkanes) is 3. The molecule has 0 fully saturated rings. The molecule has 0 aliphatic rings. The molecule has 0 radical (unpaired) electrons. The minimum absolute atomic E-state index is 0.298. The molecule has 0 bridgehead atoms. The van der Waals surface area contributed by atoms with E-state index >= 15 is 0 Å². The summed E-state index contributed by atoms with van der Waals surface area (Å²) in [6, 6.07) is 0. The van der Waals surface area contributed by atoms with Crippen molar-refractivity contribution in [3.63, 3.8) is 0 Å². The first-order valence-electron chi connectivity index (χ1n) is 5.67. The fraction of sp³-hybridized carbons (Fsp3) is 0.909. The first-order valence-corrected chi connectivity index (χ1v) is 5.67. The van der Waals surface area contributed by atoms with Gasteiger partial charge in [-0.05, 0) is 13.3 Å². The minimum atomic E-state index is -1.20. The molecule has 0 spiro atoms. The maximum absolute atomic E-state index is 11.5. The summed E-state index contributed by atoms with van der Waals surface area (Å²) in [6.45, 7) is 3.80. The van der Waals surface area contributed by atoms with Crippen LogP contribution in [0.2, 0.25) is 0 Å². The van der Waals surface area contributed by atoms with Gasteiger partial charge in [0.25, 0.3) is 0 Å². The second kappa shape index (κ2) is 7.65. The van der Waals surface area contributed by atoms with Gasteiger partial charge in [-0.3, -0.25) is 0 Å². The van der Waals surface area contributed by atoms with Crippen molar-refractivity contribution in [2.45, 2.75) is 51.5 Å². The Morgan fingerprint density at radius 1 is 1.33 bits per heavy atom. The SMILES string of the molecule is CCCCCC[C@](N)(CO)C(=O)OCC. The zero-order valence-electron chi connectivity index (χ0n) is 9.79. The summed E-state index contributed by atoms with van der Waals surface area (Å²) in [4.78, 5) is 11.5. The van der Waals surface area contributed by atoms with E-state index < -0.39 is 11.5 Å². The number of aliphatic hydroxyl groups is 1. The molecule has 0 unspecified atom stereocenters. The Morgan fingerprint density at radius 3 is 2.47 bits per heavy atom. The van der Waals surface area contributed by atoms with Gasteiger partial charge in [0.1, 0.15) is 5.54 Å². The summed E-state index contributed by atoms with van der Waals surface area (Å²) in [7, 11) is 0. The first-order chi connectivity index (χ1) is 7.10. The Kier molecular flexibility index (Phi) is 7.34. The number of hydrogen-bond acceptors (Lipinski definition) is 4. The van der Waals surface area contributed by atoms with Crippen LogP contribution in [0.15, 0.2) is 0 Å². The second-order valence-corrected chi connectivity index (χ2v) is 3.85. The van der Waals surface area contributed by atoms with Gasteiger partial charge in [-0.15, -0.1) is 0 Å². The predicted octanol–water partition coefficient (Wildman–Crippen LogP) is 1.21. The highest BCUT2D eigenvalue weighted by Gasteiger charge is 2.34. The molecule has 0 amide bonds. The molecule has 0 aromatic carbocycles. The Labute approximate surface area is 91.8 Å². The standard InChI is InChI=1S/C11H23NO3/c1-3-5-6-7-8-11(12,9-13)10(14)15-4-2/h13H,3-9,12H2,1-2H3/t11-/m0/s1. The van der Waals surface area contributed by atoms with Gasteiger partial charge in [-0.1, -0.05) is 32.6 Å². The Hall–Kier alpha value is -0.610. The van der Waals surface area contributed by atoms with E-state index in [0.29, 0.717) is 13.0 Å². The summed E-state index contributed by atoms with van der Waals surface area (Å²) < 4.78 is 4.83. The molecule has 0 saturated carbocycles. The lowest BCUT2D eigenvalue weighted by Gasteiger charge is -2.24. The lowest BCUT2D eigenvalue weighted by atomic mass is 9.94. The summed E-state index contributed by atoms with van der Waals surface area (Å²) >= 11 is 0. The normalized spacial score (nSPS) is 14.7. The van der Waals surface area contributed by atoms with E-state index in [9.17, 15) is 4.79 Å². The Bertz CT molecular complexity index is 185. The fourth-order valence-electron chi connectivity index (χ4n) is 1.39. The van der Waals surface area contributed by atoms with Crippen molar-refractivity contribution in [3.05, 3.63) is 0 Å². The number of hydrogen-bond donors (Lipinski definition) is 2. The van der Waals surface area contributed by atoms with Gasteiger partial charge in [0.05, 0.1) is 13.2 Å². The number of ether oxygens (including phenoxy) is 1. The molecule has 0 rings (SSSR count). The molecule has 0 aliphatic heterocycles. The van der Waals surface area contributed by atoms with E-state index in [0.717, 1.165) is 25.7 Å². The summed E-state index contributed by atoms with van der Waals surface area (Å²) in [6.07, 6.45) is 4.64. The van der Waals surface area contributed by atoms with Crippen LogP contribution in [0.5, 0.6) is 0 Å². The molecule has 0 aromatic heterocycles. The molecule has 1 atom stereocenters. The van der Waals surface area contributed by atoms with Crippen LogP contribution < -0.4 is 5.73 Å². The topological polar surface area (TPSA) is 72.5 Å². The zero-order valence-corrected chi connectivity index (χ0v) is 9.79. The van der Waals surface area contributed by atoms with Crippen LogP contribution in [0.4, 0.5) is 0 Å². The molecule has 0 aromatic rings. The van der Waals surface area contributed by atoms with Crippen LogP contribution in [0.1, 0.15) is 46.0 Å². The summed E-state index contributed by atoms with van der Waals surface area (Å²) in [5, 5.41) is 9.11. The van der Waals surface area contributed by atoms with Crippen molar-refractivity contribution < 1.29 is 14.6 Å². The largest absolute Gasteiger partial charge is 0.465 e. The molecule has 0 saturated heterocycles. The fourth-order valence-corrected chi connectivity index (χ4v) is 1.39. The van der Waals surface area contributed by atoms with Crippen LogP contribution >= 0.6 is 0 Å². The van der Waals surface area contributed by atoms with E-state index in [1.807, 2.05) is 0 Å². The first kappa shape index (κ1) is 14.4. The predicted molar refractivity (Wildman–Crippen MR) is 59.4 cm³/mol. The molecule has 90 valence electrons. The molecule has 0 heterocycles. The van der Waals surface area contributed by atoms with E-state index in [-0.39, 0.29) is 6.61 Å². The molecule has 4 nitrogen and oxygen atoms in total. The molecular formula is C11H23NO3. The number of carbonyl (C=O) groups excluding carboxylic acids is 1. The highest BCUT2D eigenvalue weighted by atomic mass is 16.5. The molecule has 0 aliphatic carbocycles. The molecular weight excluding hydrogens is 194 g/mol. The summed E-state index contributed by atoms with van der Waals surface area (Å²) in [5.74, 6) is -0.496. The van der Waals surface area contributed by atoms with Crippen LogP contribution in [0.25, 0.3) is 0 Å². The number of esters is 1. The quantitative estimate of drug-likeness (QED) is 0.473. The Balaban J connectivity index is 4.00. The third-order valence-corrected chi connectivity index (χ3v) is 2.44. The van der Waals surface area contributed by atoms with Crippen LogP contribution in [0, 0.1) is 0 Å². The lowest BCUT2D eigenvalue weighted by molar-refractivity contribution is -0.151. The third-order valence-electron chi connectivity index (χ3n) is 2.44. The van der Waals surface area contributed by atoms with Crippen molar-refractivity contribution in [2.75, 3.05) is 13.2 Å². The van der Waals surface area contributed by atoms with Gasteiger partial charge >= 0.3 is 5.97 Å². The highest BCUT2D eigenvalue weighted by molar-refractivity contribution is 5.80. The molecule has 3 N–H and O–H groups in total. The number of nitrogens with two attached hydrogens (primary N) is 1. The maximum atomic E-state index is 11.5. The maximum Gasteiger partial charge on any atom is 0.328 e. The average Bonchev–Trinajstić information content (AvgIpc) is 2.24. The highest BCUT2D eigenvalue weighted by Crippen LogP contribution is 2.14. The molecule has 4 heteroatoms. The second-order valence-electron chi connectivity index (χ2n) is 3.85. The lowest BCUT2D eigenvalue weighted by Crippen LogP contribution is -2.52.